The Morgan fingerprint density at radius 3 is 2.93 bits per heavy atom. The lowest BCUT2D eigenvalue weighted by atomic mass is 10.5. The number of nitrogens with zero attached hydrogens (tertiary/aromatic N) is 1. The summed E-state index contributed by atoms with van der Waals surface area (Å²) in [4.78, 5) is 14.6. The molecule has 1 N–H and O–H groups in total. The summed E-state index contributed by atoms with van der Waals surface area (Å²) >= 11 is 10.1. The lowest BCUT2D eigenvalue weighted by Gasteiger charge is -2.06. The van der Waals surface area contributed by atoms with Crippen molar-refractivity contribution in [3.8, 4) is 0 Å². The molecule has 76 valence electrons. The number of halogens is 2. The summed E-state index contributed by atoms with van der Waals surface area (Å²) in [5.41, 5.74) is 0. The van der Waals surface area contributed by atoms with Crippen LogP contribution in [0.25, 0.3) is 0 Å². The summed E-state index contributed by atoms with van der Waals surface area (Å²) in [7, 11) is 0. The zero-order valence-electron chi connectivity index (χ0n) is 7.20. The molecule has 1 heterocycles. The molecule has 0 bridgehead atoms. The molecule has 0 amide bonds. The first-order chi connectivity index (χ1) is 6.50. The van der Waals surface area contributed by atoms with Crippen molar-refractivity contribution in [3.05, 3.63) is 21.8 Å². The Kier molecular flexibility index (Phi) is 4.22. The van der Waals surface area contributed by atoms with Crippen molar-refractivity contribution in [1.29, 1.82) is 0 Å². The molecule has 1 aromatic heterocycles. The van der Waals surface area contributed by atoms with Gasteiger partial charge >= 0.3 is 5.97 Å². The van der Waals surface area contributed by atoms with Crippen molar-refractivity contribution < 1.29 is 9.90 Å². The fourth-order valence-corrected chi connectivity index (χ4v) is 2.35. The van der Waals surface area contributed by atoms with Crippen LogP contribution in [-0.2, 0) is 4.79 Å². The number of rotatable bonds is 3. The summed E-state index contributed by atoms with van der Waals surface area (Å²) in [5, 5.41) is 9.32. The van der Waals surface area contributed by atoms with E-state index in [0.29, 0.717) is 14.5 Å². The molecule has 0 aromatic carbocycles. The topological polar surface area (TPSA) is 50.2 Å². The molecular weight excluding hydrogens is 290 g/mol. The van der Waals surface area contributed by atoms with E-state index >= 15 is 0 Å². The van der Waals surface area contributed by atoms with Gasteiger partial charge in [0.25, 0.3) is 0 Å². The minimum Gasteiger partial charge on any atom is -0.480 e. The van der Waals surface area contributed by atoms with E-state index in [1.165, 1.54) is 18.0 Å². The summed E-state index contributed by atoms with van der Waals surface area (Å²) in [6.45, 7) is 1.61. The Balaban J connectivity index is 2.82. The molecule has 0 saturated carbocycles. The standard InChI is InChI=1S/C8H7BrClNO2S/c1-4(8(12)13)14-7-6(9)2-5(10)3-11-7/h2-4H,1H3,(H,12,13). The van der Waals surface area contributed by atoms with Gasteiger partial charge in [-0.25, -0.2) is 4.98 Å². The van der Waals surface area contributed by atoms with Crippen LogP contribution in [0.15, 0.2) is 21.8 Å². The zero-order chi connectivity index (χ0) is 10.7. The van der Waals surface area contributed by atoms with E-state index in [2.05, 4.69) is 20.9 Å². The van der Waals surface area contributed by atoms with Gasteiger partial charge in [-0.05, 0) is 28.9 Å². The van der Waals surface area contributed by atoms with Crippen LogP contribution in [0.1, 0.15) is 6.92 Å². The van der Waals surface area contributed by atoms with Crippen LogP contribution >= 0.6 is 39.3 Å². The van der Waals surface area contributed by atoms with Gasteiger partial charge in [0.05, 0.1) is 9.50 Å². The summed E-state index contributed by atoms with van der Waals surface area (Å²) < 4.78 is 0.711. The average Bonchev–Trinajstić information content (AvgIpc) is 2.09. The normalized spacial score (nSPS) is 12.5. The van der Waals surface area contributed by atoms with Gasteiger partial charge in [0.2, 0.25) is 0 Å². The number of aliphatic carboxylic acids is 1. The monoisotopic (exact) mass is 295 g/mol. The lowest BCUT2D eigenvalue weighted by molar-refractivity contribution is -0.136. The first-order valence-corrected chi connectivity index (χ1v) is 5.76. The molecule has 1 rings (SSSR count). The number of hydrogen-bond donors (Lipinski definition) is 1. The number of aromatic nitrogens is 1. The van der Waals surface area contributed by atoms with Gasteiger partial charge in [0.1, 0.15) is 10.3 Å². The molecule has 0 saturated heterocycles. The van der Waals surface area contributed by atoms with E-state index in [0.717, 1.165) is 0 Å². The molecule has 0 aliphatic heterocycles. The maximum absolute atomic E-state index is 10.6. The molecule has 3 nitrogen and oxygen atoms in total. The van der Waals surface area contributed by atoms with Crippen LogP contribution in [0, 0.1) is 0 Å². The highest BCUT2D eigenvalue weighted by molar-refractivity contribution is 9.10. The second-order valence-corrected chi connectivity index (χ2v) is 5.16. The number of carboxylic acids is 1. The Morgan fingerprint density at radius 2 is 2.43 bits per heavy atom. The van der Waals surface area contributed by atoms with Crippen molar-refractivity contribution >= 4 is 45.3 Å². The van der Waals surface area contributed by atoms with Crippen LogP contribution in [0.2, 0.25) is 5.02 Å². The van der Waals surface area contributed by atoms with Crippen LogP contribution in [0.5, 0.6) is 0 Å². The summed E-state index contributed by atoms with van der Waals surface area (Å²) in [6, 6.07) is 1.69. The molecule has 0 aliphatic rings. The first-order valence-electron chi connectivity index (χ1n) is 3.71. The van der Waals surface area contributed by atoms with E-state index in [4.69, 9.17) is 16.7 Å². The van der Waals surface area contributed by atoms with Crippen LogP contribution in [-0.4, -0.2) is 21.3 Å². The molecule has 6 heteroatoms. The maximum Gasteiger partial charge on any atom is 0.316 e. The maximum atomic E-state index is 10.6. The third-order valence-electron chi connectivity index (χ3n) is 1.41. The van der Waals surface area contributed by atoms with Crippen molar-refractivity contribution in [2.45, 2.75) is 17.2 Å². The van der Waals surface area contributed by atoms with E-state index in [9.17, 15) is 4.79 Å². The third-order valence-corrected chi connectivity index (χ3v) is 3.59. The van der Waals surface area contributed by atoms with Crippen LogP contribution < -0.4 is 0 Å². The number of pyridine rings is 1. The van der Waals surface area contributed by atoms with Gasteiger partial charge in [-0.1, -0.05) is 23.4 Å². The minimum absolute atomic E-state index is 0.518. The van der Waals surface area contributed by atoms with Crippen molar-refractivity contribution in [3.63, 3.8) is 0 Å². The Bertz CT molecular complexity index is 361. The average molecular weight is 297 g/mol. The molecule has 1 aromatic rings. The molecule has 0 fully saturated rings. The SMILES string of the molecule is CC(Sc1ncc(Cl)cc1Br)C(=O)O. The van der Waals surface area contributed by atoms with E-state index in [1.807, 2.05) is 0 Å². The van der Waals surface area contributed by atoms with Crippen molar-refractivity contribution in [1.82, 2.24) is 4.98 Å². The van der Waals surface area contributed by atoms with Gasteiger partial charge < -0.3 is 5.11 Å². The summed E-state index contributed by atoms with van der Waals surface area (Å²) in [6.07, 6.45) is 1.49. The molecule has 0 radical (unpaired) electrons. The zero-order valence-corrected chi connectivity index (χ0v) is 10.4. The second-order valence-electron chi connectivity index (χ2n) is 2.54. The van der Waals surface area contributed by atoms with E-state index in [-0.39, 0.29) is 0 Å². The minimum atomic E-state index is -0.862. The third kappa shape index (κ3) is 3.15. The predicted octanol–water partition coefficient (Wildman–Crippen LogP) is 3.06. The Morgan fingerprint density at radius 1 is 1.79 bits per heavy atom. The lowest BCUT2D eigenvalue weighted by Crippen LogP contribution is -2.11. The fourth-order valence-electron chi connectivity index (χ4n) is 0.707. The van der Waals surface area contributed by atoms with Gasteiger partial charge in [0.15, 0.2) is 0 Å². The van der Waals surface area contributed by atoms with E-state index < -0.39 is 11.2 Å². The first kappa shape index (κ1) is 11.8. The van der Waals surface area contributed by atoms with Crippen LogP contribution in [0.3, 0.4) is 0 Å². The number of carbonyl (C=O) groups is 1. The number of thioether (sulfide) groups is 1. The van der Waals surface area contributed by atoms with Gasteiger partial charge in [-0.15, -0.1) is 0 Å². The van der Waals surface area contributed by atoms with Crippen molar-refractivity contribution in [2.75, 3.05) is 0 Å². The molecule has 0 aliphatic carbocycles. The summed E-state index contributed by atoms with van der Waals surface area (Å²) in [5.74, 6) is -0.862. The van der Waals surface area contributed by atoms with Crippen molar-refractivity contribution in [2.24, 2.45) is 0 Å². The number of carboxylic acid groups (broad SMARTS) is 1. The quantitative estimate of drug-likeness (QED) is 0.871. The highest BCUT2D eigenvalue weighted by atomic mass is 79.9. The Labute approximate surface area is 99.0 Å². The van der Waals surface area contributed by atoms with Gasteiger partial charge in [0, 0.05) is 6.20 Å². The molecule has 0 spiro atoms. The predicted molar refractivity (Wildman–Crippen MR) is 59.9 cm³/mol. The fraction of sp³-hybridized carbons (Fsp3) is 0.250. The molecular formula is C8H7BrClNO2S. The largest absolute Gasteiger partial charge is 0.480 e. The highest BCUT2D eigenvalue weighted by Crippen LogP contribution is 2.30. The molecule has 1 atom stereocenters. The smallest absolute Gasteiger partial charge is 0.316 e. The molecule has 1 unspecified atom stereocenters. The Hall–Kier alpha value is -0.260. The van der Waals surface area contributed by atoms with Gasteiger partial charge in [-0.3, -0.25) is 4.79 Å². The van der Waals surface area contributed by atoms with Gasteiger partial charge in [-0.2, -0.15) is 0 Å². The van der Waals surface area contributed by atoms with E-state index in [1.54, 1.807) is 13.0 Å². The second kappa shape index (κ2) is 5.00. The highest BCUT2D eigenvalue weighted by Gasteiger charge is 2.15. The van der Waals surface area contributed by atoms with Crippen LogP contribution in [0.4, 0.5) is 0 Å². The number of hydrogen-bond acceptors (Lipinski definition) is 3. The molecule has 14 heavy (non-hydrogen) atoms.